The van der Waals surface area contributed by atoms with E-state index in [1.54, 1.807) is 0 Å². The Balaban J connectivity index is 1.44. The lowest BCUT2D eigenvalue weighted by Gasteiger charge is -2.18. The molecule has 140 valence electrons. The fraction of sp³-hybridized carbons (Fsp3) is 0.400. The standard InChI is InChI=1S/C20H23N5O2/c1-13(19-24-23-17-10-6-7-11-25(17)19)21-18(26)12-16-14(2)27-20(22-16)15-8-4-3-5-9-15/h3-5,8-9,13H,6-7,10-12H2,1-2H3,(H,21,26). The predicted octanol–water partition coefficient (Wildman–Crippen LogP) is 3.00. The summed E-state index contributed by atoms with van der Waals surface area (Å²) in [5.74, 6) is 2.93. The van der Waals surface area contributed by atoms with Gasteiger partial charge in [-0.3, -0.25) is 4.79 Å². The first-order valence-electron chi connectivity index (χ1n) is 9.35. The van der Waals surface area contributed by atoms with Gasteiger partial charge in [0.1, 0.15) is 11.6 Å². The van der Waals surface area contributed by atoms with Crippen LogP contribution in [0.15, 0.2) is 34.7 Å². The van der Waals surface area contributed by atoms with Gasteiger partial charge < -0.3 is 14.3 Å². The number of aromatic nitrogens is 4. The Labute approximate surface area is 157 Å². The second-order valence-electron chi connectivity index (χ2n) is 6.94. The molecule has 1 unspecified atom stereocenters. The zero-order chi connectivity index (χ0) is 18.8. The Hall–Kier alpha value is -2.96. The number of fused-ring (bicyclic) bond motifs is 1. The molecule has 0 radical (unpaired) electrons. The van der Waals surface area contributed by atoms with E-state index in [1.807, 2.05) is 44.2 Å². The normalized spacial score (nSPS) is 14.6. The molecule has 1 amide bonds. The highest BCUT2D eigenvalue weighted by Gasteiger charge is 2.22. The molecule has 7 nitrogen and oxygen atoms in total. The first kappa shape index (κ1) is 17.5. The van der Waals surface area contributed by atoms with Crippen molar-refractivity contribution in [2.24, 2.45) is 0 Å². The van der Waals surface area contributed by atoms with Gasteiger partial charge >= 0.3 is 0 Å². The molecule has 0 bridgehead atoms. The van der Waals surface area contributed by atoms with Gasteiger partial charge in [0.2, 0.25) is 11.8 Å². The quantitative estimate of drug-likeness (QED) is 0.751. The summed E-state index contributed by atoms with van der Waals surface area (Å²) in [5.41, 5.74) is 1.55. The number of nitrogens with zero attached hydrogens (tertiary/aromatic N) is 4. The first-order chi connectivity index (χ1) is 13.1. The SMILES string of the molecule is Cc1oc(-c2ccccc2)nc1CC(=O)NC(C)c1nnc2n1CCCC2. The van der Waals surface area contributed by atoms with Crippen molar-refractivity contribution in [3.05, 3.63) is 53.4 Å². The van der Waals surface area contributed by atoms with E-state index in [4.69, 9.17) is 4.42 Å². The molecule has 2 aromatic heterocycles. The predicted molar refractivity (Wildman–Crippen MR) is 99.9 cm³/mol. The second-order valence-corrected chi connectivity index (χ2v) is 6.94. The summed E-state index contributed by atoms with van der Waals surface area (Å²) in [4.78, 5) is 17.0. The maximum atomic E-state index is 12.5. The number of hydrogen-bond acceptors (Lipinski definition) is 5. The van der Waals surface area contributed by atoms with Gasteiger partial charge in [-0.1, -0.05) is 18.2 Å². The summed E-state index contributed by atoms with van der Waals surface area (Å²) in [5, 5.41) is 11.6. The summed E-state index contributed by atoms with van der Waals surface area (Å²) in [6, 6.07) is 9.48. The number of carbonyl (C=O) groups is 1. The van der Waals surface area contributed by atoms with Crippen LogP contribution in [0.1, 0.15) is 48.9 Å². The van der Waals surface area contributed by atoms with E-state index in [0.717, 1.165) is 43.0 Å². The molecule has 0 fully saturated rings. The fourth-order valence-electron chi connectivity index (χ4n) is 3.46. The van der Waals surface area contributed by atoms with Crippen molar-refractivity contribution in [1.29, 1.82) is 0 Å². The van der Waals surface area contributed by atoms with Crippen LogP contribution in [0.4, 0.5) is 0 Å². The maximum Gasteiger partial charge on any atom is 0.226 e. The van der Waals surface area contributed by atoms with Crippen LogP contribution in [-0.2, 0) is 24.2 Å². The van der Waals surface area contributed by atoms with E-state index in [-0.39, 0.29) is 18.4 Å². The van der Waals surface area contributed by atoms with Crippen molar-refractivity contribution in [2.75, 3.05) is 0 Å². The molecule has 1 atom stereocenters. The third kappa shape index (κ3) is 3.63. The molecular formula is C20H23N5O2. The highest BCUT2D eigenvalue weighted by molar-refractivity contribution is 5.78. The smallest absolute Gasteiger partial charge is 0.226 e. The lowest BCUT2D eigenvalue weighted by molar-refractivity contribution is -0.121. The topological polar surface area (TPSA) is 85.8 Å². The third-order valence-electron chi connectivity index (χ3n) is 4.89. The van der Waals surface area contributed by atoms with E-state index >= 15 is 0 Å². The number of nitrogens with one attached hydrogen (secondary N) is 1. The lowest BCUT2D eigenvalue weighted by atomic mass is 10.1. The molecule has 4 rings (SSSR count). The Morgan fingerprint density at radius 3 is 2.89 bits per heavy atom. The van der Waals surface area contributed by atoms with Crippen molar-refractivity contribution >= 4 is 5.91 Å². The van der Waals surface area contributed by atoms with E-state index in [0.29, 0.717) is 17.3 Å². The number of carbonyl (C=O) groups excluding carboxylic acids is 1. The van der Waals surface area contributed by atoms with Gasteiger partial charge in [0.05, 0.1) is 18.2 Å². The van der Waals surface area contributed by atoms with E-state index in [1.165, 1.54) is 0 Å². The van der Waals surface area contributed by atoms with Crippen LogP contribution >= 0.6 is 0 Å². The number of aryl methyl sites for hydroxylation is 2. The summed E-state index contributed by atoms with van der Waals surface area (Å²) in [6.07, 6.45) is 3.40. The molecular weight excluding hydrogens is 342 g/mol. The number of amides is 1. The number of hydrogen-bond donors (Lipinski definition) is 1. The molecule has 3 heterocycles. The summed E-state index contributed by atoms with van der Waals surface area (Å²) in [6.45, 7) is 4.69. The highest BCUT2D eigenvalue weighted by atomic mass is 16.4. The molecule has 1 aliphatic rings. The monoisotopic (exact) mass is 365 g/mol. The fourth-order valence-corrected chi connectivity index (χ4v) is 3.46. The molecule has 1 N–H and O–H groups in total. The molecule has 1 aromatic carbocycles. The maximum absolute atomic E-state index is 12.5. The minimum Gasteiger partial charge on any atom is -0.441 e. The Morgan fingerprint density at radius 1 is 1.26 bits per heavy atom. The number of oxazole rings is 1. The van der Waals surface area contributed by atoms with Crippen molar-refractivity contribution in [1.82, 2.24) is 25.1 Å². The van der Waals surface area contributed by atoms with Gasteiger partial charge in [0.25, 0.3) is 0 Å². The van der Waals surface area contributed by atoms with E-state index < -0.39 is 0 Å². The molecule has 27 heavy (non-hydrogen) atoms. The summed E-state index contributed by atoms with van der Waals surface area (Å²) < 4.78 is 7.86. The van der Waals surface area contributed by atoms with Gasteiger partial charge in [-0.05, 0) is 38.8 Å². The molecule has 7 heteroatoms. The Bertz CT molecular complexity index is 945. The van der Waals surface area contributed by atoms with Gasteiger partial charge in [-0.2, -0.15) is 0 Å². The van der Waals surface area contributed by atoms with Crippen molar-refractivity contribution in [3.8, 4) is 11.5 Å². The Morgan fingerprint density at radius 2 is 2.07 bits per heavy atom. The molecule has 0 saturated carbocycles. The lowest BCUT2D eigenvalue weighted by Crippen LogP contribution is -2.30. The second kappa shape index (κ2) is 7.34. The Kier molecular flexibility index (Phi) is 4.75. The zero-order valence-electron chi connectivity index (χ0n) is 15.6. The minimum absolute atomic E-state index is 0.105. The summed E-state index contributed by atoms with van der Waals surface area (Å²) in [7, 11) is 0. The van der Waals surface area contributed by atoms with E-state index in [2.05, 4.69) is 25.1 Å². The molecule has 0 spiro atoms. The van der Waals surface area contributed by atoms with Gasteiger partial charge in [-0.15, -0.1) is 10.2 Å². The average Bonchev–Trinajstić information content (AvgIpc) is 3.26. The molecule has 1 aliphatic heterocycles. The minimum atomic E-state index is -0.197. The average molecular weight is 365 g/mol. The van der Waals surface area contributed by atoms with E-state index in [9.17, 15) is 4.79 Å². The molecule has 0 saturated heterocycles. The van der Waals surface area contributed by atoms with Crippen LogP contribution < -0.4 is 5.32 Å². The van der Waals surface area contributed by atoms with Crippen LogP contribution in [0.5, 0.6) is 0 Å². The number of rotatable bonds is 5. The van der Waals surface area contributed by atoms with Crippen LogP contribution in [0.2, 0.25) is 0 Å². The molecule has 3 aromatic rings. The van der Waals surface area contributed by atoms with Crippen LogP contribution in [-0.4, -0.2) is 25.7 Å². The van der Waals surface area contributed by atoms with Crippen molar-refractivity contribution in [2.45, 2.75) is 52.1 Å². The largest absolute Gasteiger partial charge is 0.441 e. The highest BCUT2D eigenvalue weighted by Crippen LogP contribution is 2.22. The summed E-state index contributed by atoms with van der Waals surface area (Å²) >= 11 is 0. The zero-order valence-corrected chi connectivity index (χ0v) is 15.6. The van der Waals surface area contributed by atoms with Gasteiger partial charge in [0, 0.05) is 18.5 Å². The third-order valence-corrected chi connectivity index (χ3v) is 4.89. The first-order valence-corrected chi connectivity index (χ1v) is 9.35. The van der Waals surface area contributed by atoms with Crippen LogP contribution in [0.3, 0.4) is 0 Å². The van der Waals surface area contributed by atoms with Crippen LogP contribution in [0.25, 0.3) is 11.5 Å². The van der Waals surface area contributed by atoms with Gasteiger partial charge in [0.15, 0.2) is 5.82 Å². The van der Waals surface area contributed by atoms with Crippen LogP contribution in [0, 0.1) is 6.92 Å². The molecule has 0 aliphatic carbocycles. The number of benzene rings is 1. The van der Waals surface area contributed by atoms with Crippen molar-refractivity contribution < 1.29 is 9.21 Å². The van der Waals surface area contributed by atoms with Crippen molar-refractivity contribution in [3.63, 3.8) is 0 Å². The van der Waals surface area contributed by atoms with Gasteiger partial charge in [-0.25, -0.2) is 4.98 Å².